The van der Waals surface area contributed by atoms with Crippen LogP contribution in [0.2, 0.25) is 0 Å². The molecule has 0 saturated carbocycles. The van der Waals surface area contributed by atoms with E-state index in [1.165, 1.54) is 45.1 Å². The maximum atomic E-state index is 15.0. The number of allylic oxidation sites excluding steroid dienone is 3. The van der Waals surface area contributed by atoms with Gasteiger partial charge in [-0.2, -0.15) is 0 Å². The summed E-state index contributed by atoms with van der Waals surface area (Å²) in [6.45, 7) is 9.17. The molecule has 8 rings (SSSR count). The molecule has 3 amide bonds. The maximum Gasteiger partial charge on any atom is 0.521 e. The van der Waals surface area contributed by atoms with Gasteiger partial charge in [0, 0.05) is 49.7 Å². The molecule has 0 aromatic heterocycles. The van der Waals surface area contributed by atoms with Crippen LogP contribution in [0, 0.1) is 0 Å². The first kappa shape index (κ1) is 50.9. The van der Waals surface area contributed by atoms with Gasteiger partial charge in [0.15, 0.2) is 0 Å². The highest BCUT2D eigenvalue weighted by Gasteiger charge is 2.51. The molecule has 1 N–H and O–H groups in total. The fourth-order valence-electron chi connectivity index (χ4n) is 9.59. The number of amides is 3. The molecule has 3 aliphatic heterocycles. The van der Waals surface area contributed by atoms with Gasteiger partial charge in [-0.3, -0.25) is 19.3 Å². The van der Waals surface area contributed by atoms with Gasteiger partial charge in [-0.25, -0.2) is 0 Å². The summed E-state index contributed by atoms with van der Waals surface area (Å²) in [6.07, 6.45) is 5.37. The molecule has 0 radical (unpaired) electrons. The minimum absolute atomic E-state index is 0.0314. The number of nitrogens with zero attached hydrogens (tertiary/aromatic N) is 3. The van der Waals surface area contributed by atoms with E-state index in [1.807, 2.05) is 64.1 Å². The summed E-state index contributed by atoms with van der Waals surface area (Å²) in [5, 5.41) is 1.53. The maximum absolute atomic E-state index is 15.0. The molecule has 2 saturated heterocycles. The molecule has 2 unspecified atom stereocenters. The molecule has 0 spiro atoms. The Hall–Kier alpha value is -5.52. The van der Waals surface area contributed by atoms with E-state index in [0.29, 0.717) is 55.0 Å². The van der Waals surface area contributed by atoms with Crippen LogP contribution in [0.5, 0.6) is 5.75 Å². The van der Waals surface area contributed by atoms with Crippen molar-refractivity contribution in [3.63, 3.8) is 0 Å². The summed E-state index contributed by atoms with van der Waals surface area (Å²) in [4.78, 5) is 49.0. The number of carbonyl (C=O) groups is 3. The molecule has 2 fully saturated rings. The van der Waals surface area contributed by atoms with E-state index in [4.69, 9.17) is 30.2 Å². The largest absolute Gasteiger partial charge is 0.521 e. The smallest absolute Gasteiger partial charge is 0.497 e. The van der Waals surface area contributed by atoms with E-state index in [2.05, 4.69) is 119 Å². The first-order valence-corrected chi connectivity index (χ1v) is 27.9. The Kier molecular flexibility index (Phi) is 16.8. The van der Waals surface area contributed by atoms with Gasteiger partial charge in [-0.05, 0) is 110 Å². The zero-order chi connectivity index (χ0) is 49.3. The predicted octanol–water partition coefficient (Wildman–Crippen LogP) is 9.73. The van der Waals surface area contributed by atoms with Crippen LogP contribution in [-0.2, 0) is 52.5 Å². The van der Waals surface area contributed by atoms with Crippen molar-refractivity contribution in [3.05, 3.63) is 178 Å². The highest BCUT2D eigenvalue weighted by Crippen LogP contribution is 2.54. The second-order valence-corrected chi connectivity index (χ2v) is 22.6. The van der Waals surface area contributed by atoms with Crippen molar-refractivity contribution < 1.29 is 32.4 Å². The Morgan fingerprint density at radius 1 is 0.729 bits per heavy atom. The van der Waals surface area contributed by atoms with Crippen LogP contribution in [0.3, 0.4) is 0 Å². The molecule has 2 atom stereocenters. The van der Waals surface area contributed by atoms with Gasteiger partial charge in [-0.15, -0.1) is 0 Å². The first-order valence-electron chi connectivity index (χ1n) is 23.8. The zero-order valence-electron chi connectivity index (χ0n) is 40.3. The lowest BCUT2D eigenvalue weighted by Gasteiger charge is -2.35. The lowest BCUT2D eigenvalue weighted by Crippen LogP contribution is -2.57. The Morgan fingerprint density at radius 2 is 1.30 bits per heavy atom. The summed E-state index contributed by atoms with van der Waals surface area (Å²) >= 11 is 8.26. The van der Waals surface area contributed by atoms with Crippen LogP contribution >= 0.6 is 35.7 Å². The lowest BCUT2D eigenvalue weighted by molar-refractivity contribution is -0.134. The standard InChI is InChI=1S/C55H60N4O7S3Si/c1-6-57-52(62)50(69-54(57)67)53-59(37-49(60)56-38-70(64-7-2,65-8-3)66-9-4)51(61)47(68-53)31-32-48-55(34-39-19-13-10-14-20-39,35-40-21-15-11-16-22-40)45-33-43(42-25-28-44(63-5)29-26-42)27-30-46(45)58(48)36-41-23-17-12-18-24-41/h10-33,50,53H,6-9,34-38H2,1-5H3,(H,56,60)/b47-31-,48-32+. The van der Waals surface area contributed by atoms with E-state index < -0.39 is 30.8 Å². The fraction of sp³-hybridized carbons (Fsp3) is 0.309. The molecule has 70 heavy (non-hydrogen) atoms. The van der Waals surface area contributed by atoms with Crippen molar-refractivity contribution in [1.29, 1.82) is 0 Å². The van der Waals surface area contributed by atoms with Crippen molar-refractivity contribution in [2.45, 2.75) is 63.1 Å². The molecule has 5 aromatic carbocycles. The van der Waals surface area contributed by atoms with Crippen LogP contribution in [0.4, 0.5) is 5.69 Å². The van der Waals surface area contributed by atoms with Crippen LogP contribution < -0.4 is 15.0 Å². The van der Waals surface area contributed by atoms with Gasteiger partial charge < -0.3 is 33.1 Å². The monoisotopic (exact) mass is 1010 g/mol. The lowest BCUT2D eigenvalue weighted by atomic mass is 9.70. The summed E-state index contributed by atoms with van der Waals surface area (Å²) in [5.74, 6) is -0.156. The van der Waals surface area contributed by atoms with Crippen molar-refractivity contribution >= 4 is 72.3 Å². The number of ether oxygens (including phenoxy) is 1. The van der Waals surface area contributed by atoms with Gasteiger partial charge in [0.1, 0.15) is 27.2 Å². The number of fused-ring (bicyclic) bond motifs is 1. The third-order valence-corrected chi connectivity index (χ3v) is 18.7. The Balaban J connectivity index is 1.26. The van der Waals surface area contributed by atoms with E-state index in [1.54, 1.807) is 12.0 Å². The van der Waals surface area contributed by atoms with Crippen LogP contribution in [0.15, 0.2) is 156 Å². The van der Waals surface area contributed by atoms with Crippen molar-refractivity contribution in [3.8, 4) is 16.9 Å². The Morgan fingerprint density at radius 3 is 1.84 bits per heavy atom. The number of nitrogens with one attached hydrogen (secondary N) is 1. The zero-order valence-corrected chi connectivity index (χ0v) is 43.7. The topological polar surface area (TPSA) is 110 Å². The number of benzene rings is 5. The van der Waals surface area contributed by atoms with Gasteiger partial charge in [0.25, 0.3) is 5.91 Å². The summed E-state index contributed by atoms with van der Waals surface area (Å²) in [7, 11) is -1.59. The quantitative estimate of drug-likeness (QED) is 0.0431. The summed E-state index contributed by atoms with van der Waals surface area (Å²) in [5.41, 5.74) is 8.23. The molecule has 0 bridgehead atoms. The fourth-order valence-corrected chi connectivity index (χ4v) is 15.0. The molecular formula is C55H60N4O7S3Si. The minimum Gasteiger partial charge on any atom is -0.497 e. The molecule has 11 nitrogen and oxygen atoms in total. The van der Waals surface area contributed by atoms with E-state index in [9.17, 15) is 9.59 Å². The van der Waals surface area contributed by atoms with E-state index in [0.717, 1.165) is 33.8 Å². The van der Waals surface area contributed by atoms with Gasteiger partial charge in [0.2, 0.25) is 11.8 Å². The number of hydrogen-bond donors (Lipinski definition) is 1. The normalized spacial score (nSPS) is 18.9. The van der Waals surface area contributed by atoms with Crippen molar-refractivity contribution in [2.75, 3.05) is 51.1 Å². The number of methoxy groups -OCH3 is 1. The highest BCUT2D eigenvalue weighted by molar-refractivity contribution is 8.25. The molecule has 5 aromatic rings. The summed E-state index contributed by atoms with van der Waals surface area (Å²) in [6, 6.07) is 46.5. The number of carbonyl (C=O) groups excluding carboxylic acids is 3. The third kappa shape index (κ3) is 11.0. The predicted molar refractivity (Wildman–Crippen MR) is 287 cm³/mol. The molecule has 0 aliphatic carbocycles. The van der Waals surface area contributed by atoms with E-state index >= 15 is 4.79 Å². The van der Waals surface area contributed by atoms with Crippen LogP contribution in [0.1, 0.15) is 49.9 Å². The average Bonchev–Trinajstić information content (AvgIpc) is 3.93. The molecule has 3 heterocycles. The SMILES string of the molecule is CCO[Si](CNC(=O)CN1C(=O)/C(=C/C=C2/N(Cc3ccccc3)c3ccc(-c4ccc(OC)cc4)cc3C2(Cc2ccccc2)Cc2ccccc2)SC1C1SC(=S)N(CC)C1=O)(OCC)OCC. The second-order valence-electron chi connectivity index (χ2n) is 17.1. The van der Waals surface area contributed by atoms with Gasteiger partial charge >= 0.3 is 8.80 Å². The first-order chi connectivity index (χ1) is 34.0. The van der Waals surface area contributed by atoms with Crippen LogP contribution in [0.25, 0.3) is 11.1 Å². The average molecular weight is 1010 g/mol. The molecule has 3 aliphatic rings. The van der Waals surface area contributed by atoms with Gasteiger partial charge in [0.05, 0.1) is 18.2 Å². The second kappa shape index (κ2) is 23.1. The molecule has 15 heteroatoms. The molecular weight excluding hydrogens is 953 g/mol. The number of hydrogen-bond acceptors (Lipinski definition) is 11. The molecule has 364 valence electrons. The Bertz CT molecular complexity index is 2650. The number of thioether (sulfide) groups is 2. The Labute approximate surface area is 427 Å². The number of thiocarbonyl (C=S) groups is 1. The van der Waals surface area contributed by atoms with E-state index in [-0.39, 0.29) is 24.5 Å². The van der Waals surface area contributed by atoms with Crippen molar-refractivity contribution in [1.82, 2.24) is 15.1 Å². The highest BCUT2D eigenvalue weighted by atomic mass is 32.2. The van der Waals surface area contributed by atoms with Crippen LogP contribution in [-0.4, -0.2) is 97.5 Å². The number of anilines is 1. The van der Waals surface area contributed by atoms with Crippen molar-refractivity contribution in [2.24, 2.45) is 0 Å². The number of rotatable bonds is 21. The minimum atomic E-state index is -3.26. The summed E-state index contributed by atoms with van der Waals surface area (Å²) < 4.78 is 24.0. The third-order valence-electron chi connectivity index (χ3n) is 12.7. The van der Waals surface area contributed by atoms with Gasteiger partial charge in [-0.1, -0.05) is 145 Å².